The van der Waals surface area contributed by atoms with Crippen molar-refractivity contribution in [2.45, 2.75) is 26.5 Å². The maximum Gasteiger partial charge on any atom is 0.293 e. The second kappa shape index (κ2) is 8.67. The number of amides is 1. The monoisotopic (exact) mass is 405 g/mol. The Kier molecular flexibility index (Phi) is 5.81. The molecule has 0 aliphatic carbocycles. The molecular formula is C23H27N5O2. The minimum Gasteiger partial charge on any atom is -0.386 e. The van der Waals surface area contributed by atoms with Crippen LogP contribution in [-0.4, -0.2) is 56.9 Å². The standard InChI is InChI=1S/C23H27N5O2/c1-17-8-9-20(18(2)14-17)26-10-12-27(13-11-26)23(30)22-24-16-28(25-22)15-21(29)19-6-4-3-5-7-19/h3-9,14,16,21,29H,10-13,15H2,1-2H3/t21-/m1/s1. The molecule has 156 valence electrons. The van der Waals surface area contributed by atoms with Gasteiger partial charge in [-0.3, -0.25) is 4.79 Å². The third kappa shape index (κ3) is 4.36. The molecule has 7 nitrogen and oxygen atoms in total. The van der Waals surface area contributed by atoms with Crippen molar-refractivity contribution in [2.75, 3.05) is 31.1 Å². The van der Waals surface area contributed by atoms with Crippen LogP contribution in [0.15, 0.2) is 54.9 Å². The number of hydrogen-bond acceptors (Lipinski definition) is 5. The maximum absolute atomic E-state index is 12.8. The average molecular weight is 406 g/mol. The van der Waals surface area contributed by atoms with Crippen LogP contribution in [0, 0.1) is 13.8 Å². The molecule has 4 rings (SSSR count). The third-order valence-electron chi connectivity index (χ3n) is 5.53. The number of carbonyl (C=O) groups is 1. The van der Waals surface area contributed by atoms with Crippen LogP contribution in [0.2, 0.25) is 0 Å². The van der Waals surface area contributed by atoms with Crippen LogP contribution < -0.4 is 4.90 Å². The van der Waals surface area contributed by atoms with Gasteiger partial charge in [0, 0.05) is 31.9 Å². The summed E-state index contributed by atoms with van der Waals surface area (Å²) in [6, 6.07) is 15.9. The molecule has 1 aliphatic rings. The SMILES string of the molecule is Cc1ccc(N2CCN(C(=O)c3ncn(C[C@@H](O)c4ccccc4)n3)CC2)c(C)c1. The van der Waals surface area contributed by atoms with Crippen molar-refractivity contribution in [3.8, 4) is 0 Å². The van der Waals surface area contributed by atoms with E-state index in [1.54, 1.807) is 4.90 Å². The van der Waals surface area contributed by atoms with Gasteiger partial charge in [0.1, 0.15) is 6.33 Å². The Balaban J connectivity index is 1.35. The molecule has 1 amide bonds. The lowest BCUT2D eigenvalue weighted by atomic mass is 10.1. The molecule has 3 aromatic rings. The first-order valence-corrected chi connectivity index (χ1v) is 10.2. The average Bonchev–Trinajstić information content (AvgIpc) is 3.22. The summed E-state index contributed by atoms with van der Waals surface area (Å²) in [6.45, 7) is 7.30. The minimum atomic E-state index is -0.697. The van der Waals surface area contributed by atoms with Crippen LogP contribution in [0.1, 0.15) is 33.4 Å². The summed E-state index contributed by atoms with van der Waals surface area (Å²) in [5.74, 6) is 0.0125. The predicted octanol–water partition coefficient (Wildman–Crippen LogP) is 2.59. The summed E-state index contributed by atoms with van der Waals surface area (Å²) in [5.41, 5.74) is 4.55. The number of anilines is 1. The fourth-order valence-corrected chi connectivity index (χ4v) is 3.89. The molecule has 0 spiro atoms. The Morgan fingerprint density at radius 2 is 1.80 bits per heavy atom. The van der Waals surface area contributed by atoms with Gasteiger partial charge in [0.2, 0.25) is 5.82 Å². The van der Waals surface area contributed by atoms with Gasteiger partial charge in [0.15, 0.2) is 0 Å². The van der Waals surface area contributed by atoms with Gasteiger partial charge in [-0.15, -0.1) is 5.10 Å². The largest absolute Gasteiger partial charge is 0.386 e. The summed E-state index contributed by atoms with van der Waals surface area (Å²) in [5, 5.41) is 14.7. The maximum atomic E-state index is 12.8. The molecule has 2 heterocycles. The van der Waals surface area contributed by atoms with Crippen LogP contribution >= 0.6 is 0 Å². The van der Waals surface area contributed by atoms with E-state index in [0.29, 0.717) is 13.1 Å². The second-order valence-electron chi connectivity index (χ2n) is 7.79. The number of nitrogens with zero attached hydrogens (tertiary/aromatic N) is 5. The molecule has 1 N–H and O–H groups in total. The zero-order valence-electron chi connectivity index (χ0n) is 17.4. The molecule has 1 saturated heterocycles. The number of carbonyl (C=O) groups excluding carboxylic acids is 1. The topological polar surface area (TPSA) is 74.5 Å². The number of aryl methyl sites for hydroxylation is 2. The molecule has 1 aliphatic heterocycles. The van der Waals surface area contributed by atoms with E-state index in [1.807, 2.05) is 30.3 Å². The Morgan fingerprint density at radius 3 is 2.50 bits per heavy atom. The number of aliphatic hydroxyl groups is 1. The van der Waals surface area contributed by atoms with Crippen molar-refractivity contribution >= 4 is 11.6 Å². The zero-order valence-corrected chi connectivity index (χ0v) is 17.4. The van der Waals surface area contributed by atoms with Crippen molar-refractivity contribution in [3.63, 3.8) is 0 Å². The quantitative estimate of drug-likeness (QED) is 0.706. The highest BCUT2D eigenvalue weighted by Crippen LogP contribution is 2.23. The van der Waals surface area contributed by atoms with Crippen molar-refractivity contribution < 1.29 is 9.90 Å². The highest BCUT2D eigenvalue weighted by molar-refractivity contribution is 5.90. The van der Waals surface area contributed by atoms with E-state index < -0.39 is 6.10 Å². The molecule has 0 radical (unpaired) electrons. The molecule has 0 saturated carbocycles. The zero-order chi connectivity index (χ0) is 21.1. The minimum absolute atomic E-state index is 0.164. The lowest BCUT2D eigenvalue weighted by molar-refractivity contribution is 0.0733. The molecule has 7 heteroatoms. The van der Waals surface area contributed by atoms with Gasteiger partial charge in [-0.05, 0) is 31.0 Å². The van der Waals surface area contributed by atoms with Crippen LogP contribution in [0.3, 0.4) is 0 Å². The van der Waals surface area contributed by atoms with E-state index in [9.17, 15) is 9.90 Å². The van der Waals surface area contributed by atoms with Crippen LogP contribution in [-0.2, 0) is 6.54 Å². The molecule has 1 aromatic heterocycles. The van der Waals surface area contributed by atoms with Gasteiger partial charge < -0.3 is 14.9 Å². The molecule has 30 heavy (non-hydrogen) atoms. The molecular weight excluding hydrogens is 378 g/mol. The number of aliphatic hydroxyl groups excluding tert-OH is 1. The molecule has 2 aromatic carbocycles. The number of aromatic nitrogens is 3. The summed E-state index contributed by atoms with van der Waals surface area (Å²) in [4.78, 5) is 21.1. The Hall–Kier alpha value is -3.19. The molecule has 1 fully saturated rings. The van der Waals surface area contributed by atoms with Gasteiger partial charge in [-0.1, -0.05) is 48.0 Å². The summed E-state index contributed by atoms with van der Waals surface area (Å²) in [7, 11) is 0. The number of rotatable bonds is 5. The van der Waals surface area contributed by atoms with Crippen LogP contribution in [0.5, 0.6) is 0 Å². The van der Waals surface area contributed by atoms with Gasteiger partial charge in [-0.25, -0.2) is 9.67 Å². The van der Waals surface area contributed by atoms with Crippen molar-refractivity contribution in [1.82, 2.24) is 19.7 Å². The van der Waals surface area contributed by atoms with Gasteiger partial charge >= 0.3 is 0 Å². The summed E-state index contributed by atoms with van der Waals surface area (Å²) < 4.78 is 1.52. The van der Waals surface area contributed by atoms with Crippen molar-refractivity contribution in [2.24, 2.45) is 0 Å². The number of piperazine rings is 1. The Bertz CT molecular complexity index is 1010. The smallest absolute Gasteiger partial charge is 0.293 e. The summed E-state index contributed by atoms with van der Waals surface area (Å²) in [6.07, 6.45) is 0.808. The fraction of sp³-hybridized carbons (Fsp3) is 0.348. The highest BCUT2D eigenvalue weighted by Gasteiger charge is 2.25. The predicted molar refractivity (Wildman–Crippen MR) is 115 cm³/mol. The van der Waals surface area contributed by atoms with E-state index in [0.717, 1.165) is 18.7 Å². The highest BCUT2D eigenvalue weighted by atomic mass is 16.3. The first kappa shape index (κ1) is 20.1. The third-order valence-corrected chi connectivity index (χ3v) is 5.53. The second-order valence-corrected chi connectivity index (χ2v) is 7.79. The normalized spacial score (nSPS) is 15.3. The molecule has 0 unspecified atom stereocenters. The van der Waals surface area contributed by atoms with E-state index in [4.69, 9.17) is 0 Å². The first-order valence-electron chi connectivity index (χ1n) is 10.2. The first-order chi connectivity index (χ1) is 14.5. The van der Waals surface area contributed by atoms with Gasteiger partial charge in [0.25, 0.3) is 5.91 Å². The van der Waals surface area contributed by atoms with Gasteiger partial charge in [-0.2, -0.15) is 0 Å². The fourth-order valence-electron chi connectivity index (χ4n) is 3.89. The molecule has 0 bridgehead atoms. The Morgan fingerprint density at radius 1 is 1.07 bits per heavy atom. The van der Waals surface area contributed by atoms with E-state index in [1.165, 1.54) is 27.8 Å². The van der Waals surface area contributed by atoms with Gasteiger partial charge in [0.05, 0.1) is 12.6 Å². The van der Waals surface area contributed by atoms with Crippen LogP contribution in [0.25, 0.3) is 0 Å². The Labute approximate surface area is 176 Å². The number of hydrogen-bond donors (Lipinski definition) is 1. The molecule has 1 atom stereocenters. The van der Waals surface area contributed by atoms with E-state index in [2.05, 4.69) is 47.0 Å². The van der Waals surface area contributed by atoms with Crippen molar-refractivity contribution in [3.05, 3.63) is 77.4 Å². The lowest BCUT2D eigenvalue weighted by Gasteiger charge is -2.36. The van der Waals surface area contributed by atoms with E-state index in [-0.39, 0.29) is 18.3 Å². The van der Waals surface area contributed by atoms with Crippen molar-refractivity contribution in [1.29, 1.82) is 0 Å². The van der Waals surface area contributed by atoms with E-state index >= 15 is 0 Å². The van der Waals surface area contributed by atoms with Crippen LogP contribution in [0.4, 0.5) is 5.69 Å². The lowest BCUT2D eigenvalue weighted by Crippen LogP contribution is -2.49. The number of benzene rings is 2. The summed E-state index contributed by atoms with van der Waals surface area (Å²) >= 11 is 0.